The number of hydrogen-bond acceptors (Lipinski definition) is 2. The molecular formula is C15H23NO2. The van der Waals surface area contributed by atoms with Crippen molar-refractivity contribution in [3.63, 3.8) is 0 Å². The Hall–Kier alpha value is -1.35. The lowest BCUT2D eigenvalue weighted by atomic mass is 9.76. The average Bonchev–Trinajstić information content (AvgIpc) is 2.12. The van der Waals surface area contributed by atoms with E-state index < -0.39 is 11.5 Å². The Morgan fingerprint density at radius 2 is 1.72 bits per heavy atom. The Morgan fingerprint density at radius 3 is 2.06 bits per heavy atom. The molecular weight excluding hydrogens is 226 g/mol. The van der Waals surface area contributed by atoms with Crippen LogP contribution in [0.15, 0.2) is 12.1 Å². The van der Waals surface area contributed by atoms with Gasteiger partial charge in [-0.05, 0) is 51.3 Å². The van der Waals surface area contributed by atoms with E-state index in [4.69, 9.17) is 10.8 Å². The topological polar surface area (TPSA) is 63.3 Å². The second kappa shape index (κ2) is 5.11. The van der Waals surface area contributed by atoms with Gasteiger partial charge in [0.05, 0.1) is 6.42 Å². The van der Waals surface area contributed by atoms with Crippen LogP contribution in [0.5, 0.6) is 0 Å². The molecule has 0 radical (unpaired) electrons. The van der Waals surface area contributed by atoms with Crippen molar-refractivity contribution in [2.45, 2.75) is 52.5 Å². The van der Waals surface area contributed by atoms with Crippen molar-refractivity contribution < 1.29 is 9.90 Å². The van der Waals surface area contributed by atoms with E-state index in [1.165, 1.54) is 5.56 Å². The molecule has 1 aromatic rings. The Balaban J connectivity index is 3.34. The van der Waals surface area contributed by atoms with Crippen LogP contribution in [-0.2, 0) is 4.79 Å². The van der Waals surface area contributed by atoms with Crippen LogP contribution in [0.25, 0.3) is 0 Å². The van der Waals surface area contributed by atoms with Gasteiger partial charge in [-0.3, -0.25) is 4.79 Å². The van der Waals surface area contributed by atoms with Crippen LogP contribution in [0, 0.1) is 20.8 Å². The molecule has 18 heavy (non-hydrogen) atoms. The summed E-state index contributed by atoms with van der Waals surface area (Å²) in [6, 6.07) is 4.17. The van der Waals surface area contributed by atoms with Gasteiger partial charge < -0.3 is 10.8 Å². The third-order valence-electron chi connectivity index (χ3n) is 3.36. The van der Waals surface area contributed by atoms with Crippen LogP contribution in [0.1, 0.15) is 48.4 Å². The summed E-state index contributed by atoms with van der Waals surface area (Å²) in [5, 5.41) is 9.09. The predicted octanol–water partition coefficient (Wildman–Crippen LogP) is 2.91. The summed E-state index contributed by atoms with van der Waals surface area (Å²) in [5.74, 6) is -0.978. The molecule has 0 saturated heterocycles. The molecule has 0 aliphatic heterocycles. The molecule has 0 fully saturated rings. The summed E-state index contributed by atoms with van der Waals surface area (Å²) in [5.41, 5.74) is 10.1. The van der Waals surface area contributed by atoms with E-state index in [2.05, 4.69) is 12.1 Å². The maximum Gasteiger partial charge on any atom is 0.304 e. The SMILES string of the molecule is Cc1cc(C)c(C(CC(=O)O)C(C)(C)N)c(C)c1. The molecule has 3 nitrogen and oxygen atoms in total. The number of nitrogens with two attached hydrogens (primary N) is 1. The number of carbonyl (C=O) groups is 1. The number of carboxylic acid groups (broad SMARTS) is 1. The molecule has 0 amide bonds. The summed E-state index contributed by atoms with van der Waals surface area (Å²) in [6.45, 7) is 9.87. The first-order chi connectivity index (χ1) is 8.12. The van der Waals surface area contributed by atoms with Crippen molar-refractivity contribution in [1.29, 1.82) is 0 Å². The molecule has 0 bridgehead atoms. The molecule has 3 heteroatoms. The molecule has 1 aromatic carbocycles. The van der Waals surface area contributed by atoms with Gasteiger partial charge in [-0.25, -0.2) is 0 Å². The summed E-state index contributed by atoms with van der Waals surface area (Å²) in [7, 11) is 0. The molecule has 1 atom stereocenters. The fourth-order valence-corrected chi connectivity index (χ4v) is 2.65. The van der Waals surface area contributed by atoms with Crippen LogP contribution in [0.4, 0.5) is 0 Å². The van der Waals surface area contributed by atoms with Crippen LogP contribution < -0.4 is 5.73 Å². The molecule has 1 rings (SSSR count). The zero-order chi connectivity index (χ0) is 14.1. The van der Waals surface area contributed by atoms with Crippen LogP contribution in [-0.4, -0.2) is 16.6 Å². The number of benzene rings is 1. The minimum absolute atomic E-state index is 0.0637. The second-order valence-corrected chi connectivity index (χ2v) is 5.78. The van der Waals surface area contributed by atoms with Crippen molar-refractivity contribution in [2.24, 2.45) is 5.73 Å². The lowest BCUT2D eigenvalue weighted by Gasteiger charge is -2.32. The van der Waals surface area contributed by atoms with Crippen molar-refractivity contribution in [1.82, 2.24) is 0 Å². The van der Waals surface area contributed by atoms with Gasteiger partial charge in [-0.2, -0.15) is 0 Å². The molecule has 0 aliphatic rings. The quantitative estimate of drug-likeness (QED) is 0.862. The van der Waals surface area contributed by atoms with Gasteiger partial charge >= 0.3 is 5.97 Å². The van der Waals surface area contributed by atoms with E-state index in [1.54, 1.807) is 0 Å². The van der Waals surface area contributed by atoms with E-state index in [9.17, 15) is 4.79 Å². The fourth-order valence-electron chi connectivity index (χ4n) is 2.65. The molecule has 0 heterocycles. The first-order valence-electron chi connectivity index (χ1n) is 6.21. The molecule has 100 valence electrons. The molecule has 0 spiro atoms. The highest BCUT2D eigenvalue weighted by Gasteiger charge is 2.31. The summed E-state index contributed by atoms with van der Waals surface area (Å²) < 4.78 is 0. The van der Waals surface area contributed by atoms with E-state index in [-0.39, 0.29) is 12.3 Å². The normalized spacial score (nSPS) is 13.4. The van der Waals surface area contributed by atoms with Crippen LogP contribution >= 0.6 is 0 Å². The van der Waals surface area contributed by atoms with Crippen molar-refractivity contribution in [3.05, 3.63) is 34.4 Å². The monoisotopic (exact) mass is 249 g/mol. The largest absolute Gasteiger partial charge is 0.481 e. The van der Waals surface area contributed by atoms with Crippen molar-refractivity contribution in [3.8, 4) is 0 Å². The Labute approximate surface area is 109 Å². The van der Waals surface area contributed by atoms with Gasteiger partial charge in [0.15, 0.2) is 0 Å². The van der Waals surface area contributed by atoms with Gasteiger partial charge in [0.25, 0.3) is 0 Å². The maximum absolute atomic E-state index is 11.1. The number of aryl methyl sites for hydroxylation is 3. The first kappa shape index (κ1) is 14.7. The fraction of sp³-hybridized carbons (Fsp3) is 0.533. The first-order valence-corrected chi connectivity index (χ1v) is 6.21. The van der Waals surface area contributed by atoms with Crippen LogP contribution in [0.2, 0.25) is 0 Å². The van der Waals surface area contributed by atoms with Crippen molar-refractivity contribution in [2.75, 3.05) is 0 Å². The summed E-state index contributed by atoms with van der Waals surface area (Å²) >= 11 is 0. The predicted molar refractivity (Wildman–Crippen MR) is 73.9 cm³/mol. The highest BCUT2D eigenvalue weighted by molar-refractivity contribution is 5.68. The third-order valence-corrected chi connectivity index (χ3v) is 3.36. The van der Waals surface area contributed by atoms with E-state index >= 15 is 0 Å². The smallest absolute Gasteiger partial charge is 0.304 e. The molecule has 3 N–H and O–H groups in total. The van der Waals surface area contributed by atoms with Crippen LogP contribution in [0.3, 0.4) is 0 Å². The summed E-state index contributed by atoms with van der Waals surface area (Å²) in [6.07, 6.45) is 0.0637. The number of rotatable bonds is 4. The zero-order valence-corrected chi connectivity index (χ0v) is 11.9. The number of carboxylic acids is 1. The van der Waals surface area contributed by atoms with Gasteiger partial charge in [0, 0.05) is 11.5 Å². The molecule has 0 aliphatic carbocycles. The molecule has 0 saturated carbocycles. The Bertz CT molecular complexity index is 435. The second-order valence-electron chi connectivity index (χ2n) is 5.78. The molecule has 1 unspecified atom stereocenters. The van der Waals surface area contributed by atoms with Gasteiger partial charge in [0.1, 0.15) is 0 Å². The lowest BCUT2D eigenvalue weighted by molar-refractivity contribution is -0.137. The molecule has 0 aromatic heterocycles. The van der Waals surface area contributed by atoms with Gasteiger partial charge in [-0.1, -0.05) is 17.7 Å². The third kappa shape index (κ3) is 3.33. The Morgan fingerprint density at radius 1 is 1.28 bits per heavy atom. The average molecular weight is 249 g/mol. The minimum Gasteiger partial charge on any atom is -0.481 e. The highest BCUT2D eigenvalue weighted by Crippen LogP contribution is 2.34. The standard InChI is InChI=1S/C15H23NO2/c1-9-6-10(2)14(11(3)7-9)12(8-13(17)18)15(4,5)16/h6-7,12H,8,16H2,1-5H3,(H,17,18). The lowest BCUT2D eigenvalue weighted by Crippen LogP contribution is -2.41. The number of hydrogen-bond donors (Lipinski definition) is 2. The van der Waals surface area contributed by atoms with Gasteiger partial charge in [-0.15, -0.1) is 0 Å². The minimum atomic E-state index is -0.807. The van der Waals surface area contributed by atoms with Crippen molar-refractivity contribution >= 4 is 5.97 Å². The van der Waals surface area contributed by atoms with E-state index in [1.807, 2.05) is 34.6 Å². The number of aliphatic carboxylic acids is 1. The highest BCUT2D eigenvalue weighted by atomic mass is 16.4. The van der Waals surface area contributed by atoms with E-state index in [0.29, 0.717) is 0 Å². The van der Waals surface area contributed by atoms with E-state index in [0.717, 1.165) is 16.7 Å². The maximum atomic E-state index is 11.1. The van der Waals surface area contributed by atoms with Gasteiger partial charge in [0.2, 0.25) is 0 Å². The summed E-state index contributed by atoms with van der Waals surface area (Å²) in [4.78, 5) is 11.1. The zero-order valence-electron chi connectivity index (χ0n) is 11.9. The Kier molecular flexibility index (Phi) is 4.17.